The van der Waals surface area contributed by atoms with Crippen LogP contribution in [-0.2, 0) is 39.3 Å². The standard InChI is InChI=1S/C19H25N5O2.2C2HF3O2/c1-23-11-14(9-22-23)12-24-7-5-15-8-17(26-18(15)13-24)19(25)21-10-16-4-2-3-6-20-16;2*3-2(4,5)1(6)7/h2-4,6,9,11,15,17-18H,5,7-8,10,12-13H2,1H3,(H,21,25);2*(H,6,7)/t15-,17-,18+;;/m0../s1. The molecule has 0 spiro atoms. The molecule has 2 aromatic rings. The number of hydrogen-bond donors (Lipinski definition) is 3. The Kier molecular flexibility index (Phi) is 11.4. The predicted molar refractivity (Wildman–Crippen MR) is 123 cm³/mol. The van der Waals surface area contributed by atoms with Crippen molar-refractivity contribution in [1.82, 2.24) is 25.0 Å². The molecule has 40 heavy (non-hydrogen) atoms. The first-order valence-corrected chi connectivity index (χ1v) is 11.7. The molecule has 0 aromatic carbocycles. The summed E-state index contributed by atoms with van der Waals surface area (Å²) in [4.78, 5) is 36.9. The summed E-state index contributed by atoms with van der Waals surface area (Å²) < 4.78 is 71.4. The van der Waals surface area contributed by atoms with Crippen molar-refractivity contribution in [2.24, 2.45) is 13.0 Å². The van der Waals surface area contributed by atoms with Crippen LogP contribution in [0.5, 0.6) is 0 Å². The fourth-order valence-electron chi connectivity index (χ4n) is 3.91. The number of halogens is 6. The van der Waals surface area contributed by atoms with E-state index in [1.165, 1.54) is 5.56 Å². The van der Waals surface area contributed by atoms with Crippen LogP contribution in [-0.4, -0.2) is 85.4 Å². The Hall–Kier alpha value is -3.73. The molecule has 2 aliphatic heterocycles. The van der Waals surface area contributed by atoms with Gasteiger partial charge in [-0.05, 0) is 37.4 Å². The number of carbonyl (C=O) groups is 3. The Morgan fingerprint density at radius 1 is 1.10 bits per heavy atom. The van der Waals surface area contributed by atoms with Crippen molar-refractivity contribution in [3.63, 3.8) is 0 Å². The molecule has 2 aliphatic rings. The molecule has 2 aromatic heterocycles. The number of alkyl halides is 6. The number of nitrogens with zero attached hydrogens (tertiary/aromatic N) is 4. The van der Waals surface area contributed by atoms with E-state index in [9.17, 15) is 31.1 Å². The van der Waals surface area contributed by atoms with Gasteiger partial charge in [-0.15, -0.1) is 0 Å². The second-order valence-electron chi connectivity index (χ2n) is 8.85. The van der Waals surface area contributed by atoms with E-state index in [1.54, 1.807) is 6.20 Å². The second kappa shape index (κ2) is 14.1. The number of ether oxygens (including phenoxy) is 1. The summed E-state index contributed by atoms with van der Waals surface area (Å²) in [6.07, 6.45) is -2.77. The van der Waals surface area contributed by atoms with Crippen molar-refractivity contribution in [1.29, 1.82) is 0 Å². The van der Waals surface area contributed by atoms with Gasteiger partial charge in [0.15, 0.2) is 0 Å². The number of likely N-dealkylation sites (tertiary alicyclic amines) is 1. The van der Waals surface area contributed by atoms with E-state index >= 15 is 0 Å². The van der Waals surface area contributed by atoms with Crippen LogP contribution >= 0.6 is 0 Å². The monoisotopic (exact) mass is 583 g/mol. The van der Waals surface area contributed by atoms with E-state index in [-0.39, 0.29) is 18.1 Å². The number of carboxylic acids is 2. The molecule has 3 atom stereocenters. The second-order valence-corrected chi connectivity index (χ2v) is 8.85. The first-order valence-electron chi connectivity index (χ1n) is 11.7. The van der Waals surface area contributed by atoms with E-state index in [2.05, 4.69) is 26.5 Å². The molecule has 17 heteroatoms. The molecule has 0 radical (unpaired) electrons. The summed E-state index contributed by atoms with van der Waals surface area (Å²) in [6, 6.07) is 5.70. The molecule has 2 saturated heterocycles. The SMILES string of the molecule is Cn1cc(CN2CC[C@H]3C[C@@H](C(=O)NCc4ccccn4)O[C@@H]3C2)cn1.O=C(O)C(F)(F)F.O=C(O)C(F)(F)F. The third-order valence-corrected chi connectivity index (χ3v) is 5.75. The smallest absolute Gasteiger partial charge is 0.475 e. The number of aliphatic carboxylic acids is 2. The van der Waals surface area contributed by atoms with Gasteiger partial charge in [-0.3, -0.25) is 19.4 Å². The van der Waals surface area contributed by atoms with Gasteiger partial charge >= 0.3 is 24.3 Å². The van der Waals surface area contributed by atoms with E-state index in [0.717, 1.165) is 38.2 Å². The maximum Gasteiger partial charge on any atom is 0.490 e. The summed E-state index contributed by atoms with van der Waals surface area (Å²) in [5.41, 5.74) is 2.08. The van der Waals surface area contributed by atoms with Gasteiger partial charge in [-0.25, -0.2) is 9.59 Å². The van der Waals surface area contributed by atoms with Crippen LogP contribution in [0.25, 0.3) is 0 Å². The van der Waals surface area contributed by atoms with E-state index in [4.69, 9.17) is 24.5 Å². The van der Waals surface area contributed by atoms with Gasteiger partial charge in [0.2, 0.25) is 5.91 Å². The number of piperidine rings is 1. The normalized spacial score (nSPS) is 20.7. The molecule has 4 rings (SSSR count). The molecule has 3 N–H and O–H groups in total. The maximum absolute atomic E-state index is 12.4. The lowest BCUT2D eigenvalue weighted by Crippen LogP contribution is -2.42. The lowest BCUT2D eigenvalue weighted by atomic mass is 9.91. The number of pyridine rings is 1. The van der Waals surface area contributed by atoms with Gasteiger partial charge in [0, 0.05) is 38.1 Å². The number of aryl methyl sites for hydroxylation is 1. The number of hydrogen-bond acceptors (Lipinski definition) is 7. The molecule has 222 valence electrons. The number of amides is 1. The van der Waals surface area contributed by atoms with Crippen molar-refractivity contribution in [3.05, 3.63) is 48.0 Å². The zero-order valence-corrected chi connectivity index (χ0v) is 21.0. The van der Waals surface area contributed by atoms with Gasteiger partial charge in [0.05, 0.1) is 24.5 Å². The number of aromatic nitrogens is 3. The third kappa shape index (κ3) is 10.8. The summed E-state index contributed by atoms with van der Waals surface area (Å²) in [7, 11) is 1.93. The zero-order chi connectivity index (χ0) is 30.1. The maximum atomic E-state index is 12.4. The fourth-order valence-corrected chi connectivity index (χ4v) is 3.91. The van der Waals surface area contributed by atoms with Crippen molar-refractivity contribution in [3.8, 4) is 0 Å². The number of carboxylic acid groups (broad SMARTS) is 2. The van der Waals surface area contributed by atoms with E-state index in [1.807, 2.05) is 36.1 Å². The van der Waals surface area contributed by atoms with Gasteiger partial charge in [0.1, 0.15) is 6.10 Å². The molecule has 2 fully saturated rings. The first-order chi connectivity index (χ1) is 18.6. The highest BCUT2D eigenvalue weighted by Crippen LogP contribution is 2.33. The molecular formula is C23H27F6N5O6. The largest absolute Gasteiger partial charge is 0.490 e. The quantitative estimate of drug-likeness (QED) is 0.452. The zero-order valence-electron chi connectivity index (χ0n) is 21.0. The third-order valence-electron chi connectivity index (χ3n) is 5.75. The van der Waals surface area contributed by atoms with Crippen molar-refractivity contribution < 1.29 is 55.7 Å². The Morgan fingerprint density at radius 2 is 1.73 bits per heavy atom. The summed E-state index contributed by atoms with van der Waals surface area (Å²) in [5.74, 6) is -5.06. The average Bonchev–Trinajstić information content (AvgIpc) is 3.48. The lowest BCUT2D eigenvalue weighted by Gasteiger charge is -2.33. The summed E-state index contributed by atoms with van der Waals surface area (Å²) in [5, 5.41) is 21.4. The molecule has 0 saturated carbocycles. The van der Waals surface area contributed by atoms with Crippen LogP contribution in [0.4, 0.5) is 26.3 Å². The van der Waals surface area contributed by atoms with Crippen molar-refractivity contribution in [2.75, 3.05) is 13.1 Å². The minimum absolute atomic E-state index is 0.0242. The van der Waals surface area contributed by atoms with Crippen LogP contribution in [0.2, 0.25) is 0 Å². The van der Waals surface area contributed by atoms with Crippen LogP contribution in [0.1, 0.15) is 24.1 Å². The Labute approximate surface area is 223 Å². The average molecular weight is 583 g/mol. The molecule has 0 bridgehead atoms. The van der Waals surface area contributed by atoms with Gasteiger partial charge in [-0.2, -0.15) is 31.4 Å². The van der Waals surface area contributed by atoms with Crippen LogP contribution in [0, 0.1) is 5.92 Å². The predicted octanol–water partition coefficient (Wildman–Crippen LogP) is 2.38. The van der Waals surface area contributed by atoms with Crippen LogP contribution < -0.4 is 5.32 Å². The molecule has 0 aliphatic carbocycles. The van der Waals surface area contributed by atoms with Crippen LogP contribution in [0.3, 0.4) is 0 Å². The van der Waals surface area contributed by atoms with Gasteiger partial charge in [0.25, 0.3) is 0 Å². The molecule has 1 amide bonds. The minimum Gasteiger partial charge on any atom is -0.475 e. The van der Waals surface area contributed by atoms with E-state index in [0.29, 0.717) is 12.5 Å². The number of nitrogens with one attached hydrogen (secondary N) is 1. The van der Waals surface area contributed by atoms with Crippen molar-refractivity contribution >= 4 is 17.8 Å². The Morgan fingerprint density at radius 3 is 2.23 bits per heavy atom. The Balaban J connectivity index is 0.000000333. The van der Waals surface area contributed by atoms with Crippen molar-refractivity contribution in [2.45, 2.75) is 50.5 Å². The summed E-state index contributed by atoms with van der Waals surface area (Å²) in [6.45, 7) is 3.25. The first kappa shape index (κ1) is 32.5. The number of fused-ring (bicyclic) bond motifs is 1. The minimum atomic E-state index is -5.08. The molecule has 11 nitrogen and oxygen atoms in total. The number of carbonyl (C=O) groups excluding carboxylic acids is 1. The highest BCUT2D eigenvalue weighted by atomic mass is 19.4. The number of rotatable bonds is 5. The Bertz CT molecular complexity index is 1100. The highest BCUT2D eigenvalue weighted by molar-refractivity contribution is 5.81. The topological polar surface area (TPSA) is 147 Å². The summed E-state index contributed by atoms with van der Waals surface area (Å²) >= 11 is 0. The highest BCUT2D eigenvalue weighted by Gasteiger charge is 2.42. The van der Waals surface area contributed by atoms with Crippen LogP contribution in [0.15, 0.2) is 36.8 Å². The van der Waals surface area contributed by atoms with E-state index < -0.39 is 24.3 Å². The molecular weight excluding hydrogens is 556 g/mol. The van der Waals surface area contributed by atoms with Gasteiger partial charge in [-0.1, -0.05) is 6.07 Å². The lowest BCUT2D eigenvalue weighted by molar-refractivity contribution is -0.193. The molecule has 0 unspecified atom stereocenters. The molecule has 4 heterocycles. The van der Waals surface area contributed by atoms with Gasteiger partial charge < -0.3 is 20.3 Å². The fraction of sp³-hybridized carbons (Fsp3) is 0.522.